The molecule has 0 bridgehead atoms. The van der Waals surface area contributed by atoms with Crippen LogP contribution < -0.4 is 10.1 Å². The average molecular weight is 388 g/mol. The van der Waals surface area contributed by atoms with Gasteiger partial charge in [0, 0.05) is 43.6 Å². The Morgan fingerprint density at radius 1 is 0.931 bits per heavy atom. The lowest BCUT2D eigenvalue weighted by Crippen LogP contribution is -2.47. The standard InChI is InChI=1S/C23H24N4O2/c1-26-13-15-27(16-14-26)23(28)18-11-12-24-22(17-18)25-19-7-9-21(10-8-19)29-20-5-3-2-4-6-20/h2-12,17H,13-16H2,1H3,(H,24,25). The van der Waals surface area contributed by atoms with Crippen LogP contribution >= 0.6 is 0 Å². The number of rotatable bonds is 5. The first-order valence-electron chi connectivity index (χ1n) is 9.71. The Kier molecular flexibility index (Phi) is 5.72. The molecule has 6 heteroatoms. The van der Waals surface area contributed by atoms with Gasteiger partial charge in [-0.2, -0.15) is 0 Å². The molecule has 1 amide bonds. The lowest BCUT2D eigenvalue weighted by molar-refractivity contribution is 0.0664. The SMILES string of the molecule is CN1CCN(C(=O)c2ccnc(Nc3ccc(Oc4ccccc4)cc3)c2)CC1. The Morgan fingerprint density at radius 3 is 2.34 bits per heavy atom. The molecule has 1 saturated heterocycles. The second-order valence-electron chi connectivity index (χ2n) is 7.09. The van der Waals surface area contributed by atoms with Gasteiger partial charge < -0.3 is 19.9 Å². The van der Waals surface area contributed by atoms with E-state index in [2.05, 4.69) is 22.2 Å². The zero-order valence-corrected chi connectivity index (χ0v) is 16.4. The highest BCUT2D eigenvalue weighted by Crippen LogP contribution is 2.24. The number of piperazine rings is 1. The van der Waals surface area contributed by atoms with Crippen LogP contribution in [0.15, 0.2) is 72.9 Å². The van der Waals surface area contributed by atoms with Crippen molar-refractivity contribution < 1.29 is 9.53 Å². The van der Waals surface area contributed by atoms with E-state index in [1.54, 1.807) is 18.3 Å². The maximum Gasteiger partial charge on any atom is 0.254 e. The van der Waals surface area contributed by atoms with Crippen LogP contribution in [0.25, 0.3) is 0 Å². The summed E-state index contributed by atoms with van der Waals surface area (Å²) in [6.07, 6.45) is 1.67. The molecule has 1 fully saturated rings. The second kappa shape index (κ2) is 8.75. The summed E-state index contributed by atoms with van der Waals surface area (Å²) >= 11 is 0. The zero-order chi connectivity index (χ0) is 20.1. The predicted octanol–water partition coefficient (Wildman–Crippen LogP) is 4.01. The third-order valence-corrected chi connectivity index (χ3v) is 4.90. The van der Waals surface area contributed by atoms with E-state index in [1.165, 1.54) is 0 Å². The van der Waals surface area contributed by atoms with Gasteiger partial charge in [0.2, 0.25) is 0 Å². The number of hydrogen-bond acceptors (Lipinski definition) is 5. The van der Waals surface area contributed by atoms with Gasteiger partial charge in [-0.25, -0.2) is 4.98 Å². The second-order valence-corrected chi connectivity index (χ2v) is 7.09. The molecule has 3 aromatic rings. The molecule has 148 valence electrons. The largest absolute Gasteiger partial charge is 0.457 e. The Bertz CT molecular complexity index is 952. The van der Waals surface area contributed by atoms with E-state index in [1.807, 2.05) is 59.5 Å². The number of amides is 1. The molecular weight excluding hydrogens is 364 g/mol. The fourth-order valence-corrected chi connectivity index (χ4v) is 3.20. The maximum absolute atomic E-state index is 12.8. The molecule has 0 radical (unpaired) electrons. The molecule has 0 spiro atoms. The van der Waals surface area contributed by atoms with Crippen molar-refractivity contribution in [1.29, 1.82) is 0 Å². The minimum atomic E-state index is 0.0511. The lowest BCUT2D eigenvalue weighted by atomic mass is 10.2. The summed E-state index contributed by atoms with van der Waals surface area (Å²) in [5.41, 5.74) is 1.53. The molecular formula is C23H24N4O2. The summed E-state index contributed by atoms with van der Waals surface area (Å²) in [6.45, 7) is 3.31. The number of benzene rings is 2. The van der Waals surface area contributed by atoms with Gasteiger partial charge in [0.1, 0.15) is 17.3 Å². The summed E-state index contributed by atoms with van der Waals surface area (Å²) in [4.78, 5) is 21.2. The van der Waals surface area contributed by atoms with E-state index in [9.17, 15) is 4.79 Å². The molecule has 0 atom stereocenters. The Labute approximate surface area is 170 Å². The first kappa shape index (κ1) is 19.0. The number of ether oxygens (including phenoxy) is 1. The molecule has 1 aliphatic heterocycles. The van der Waals surface area contributed by atoms with Crippen molar-refractivity contribution in [1.82, 2.24) is 14.8 Å². The fourth-order valence-electron chi connectivity index (χ4n) is 3.20. The molecule has 4 rings (SSSR count). The Balaban J connectivity index is 1.40. The van der Waals surface area contributed by atoms with Gasteiger partial charge in [-0.15, -0.1) is 0 Å². The van der Waals surface area contributed by atoms with Crippen LogP contribution in [0.5, 0.6) is 11.5 Å². The minimum Gasteiger partial charge on any atom is -0.457 e. The molecule has 1 aromatic heterocycles. The van der Waals surface area contributed by atoms with Crippen molar-refractivity contribution in [3.05, 3.63) is 78.5 Å². The van der Waals surface area contributed by atoms with Gasteiger partial charge in [-0.3, -0.25) is 4.79 Å². The van der Waals surface area contributed by atoms with Crippen LogP contribution in [-0.4, -0.2) is 53.9 Å². The van der Waals surface area contributed by atoms with E-state index in [-0.39, 0.29) is 5.91 Å². The molecule has 6 nitrogen and oxygen atoms in total. The van der Waals surface area contributed by atoms with Crippen molar-refractivity contribution >= 4 is 17.4 Å². The van der Waals surface area contributed by atoms with E-state index >= 15 is 0 Å². The van der Waals surface area contributed by atoms with E-state index in [0.717, 1.165) is 43.4 Å². The summed E-state index contributed by atoms with van der Waals surface area (Å²) in [6, 6.07) is 20.9. The van der Waals surface area contributed by atoms with Gasteiger partial charge in [-0.1, -0.05) is 18.2 Å². The van der Waals surface area contributed by atoms with E-state index < -0.39 is 0 Å². The highest BCUT2D eigenvalue weighted by Gasteiger charge is 2.20. The number of aromatic nitrogens is 1. The van der Waals surface area contributed by atoms with Crippen LogP contribution in [0.3, 0.4) is 0 Å². The van der Waals surface area contributed by atoms with Crippen molar-refractivity contribution in [2.45, 2.75) is 0 Å². The topological polar surface area (TPSA) is 57.7 Å². The van der Waals surface area contributed by atoms with Crippen LogP contribution in [0.1, 0.15) is 10.4 Å². The molecule has 29 heavy (non-hydrogen) atoms. The van der Waals surface area contributed by atoms with Gasteiger partial charge in [0.15, 0.2) is 0 Å². The van der Waals surface area contributed by atoms with Gasteiger partial charge in [0.05, 0.1) is 0 Å². The number of nitrogens with zero attached hydrogens (tertiary/aromatic N) is 3. The molecule has 0 saturated carbocycles. The molecule has 0 aliphatic carbocycles. The van der Waals surface area contributed by atoms with Crippen LogP contribution in [0.4, 0.5) is 11.5 Å². The Hall–Kier alpha value is -3.38. The quantitative estimate of drug-likeness (QED) is 0.716. The van der Waals surface area contributed by atoms with Crippen molar-refractivity contribution in [2.75, 3.05) is 38.5 Å². The molecule has 0 unspecified atom stereocenters. The van der Waals surface area contributed by atoms with Crippen molar-refractivity contribution in [3.63, 3.8) is 0 Å². The summed E-state index contributed by atoms with van der Waals surface area (Å²) < 4.78 is 5.81. The number of anilines is 2. The monoisotopic (exact) mass is 388 g/mol. The summed E-state index contributed by atoms with van der Waals surface area (Å²) in [5.74, 6) is 2.25. The van der Waals surface area contributed by atoms with Gasteiger partial charge in [0.25, 0.3) is 5.91 Å². The highest BCUT2D eigenvalue weighted by molar-refractivity contribution is 5.95. The third-order valence-electron chi connectivity index (χ3n) is 4.90. The summed E-state index contributed by atoms with van der Waals surface area (Å²) in [7, 11) is 2.08. The van der Waals surface area contributed by atoms with Gasteiger partial charge >= 0.3 is 0 Å². The molecule has 1 aliphatic rings. The lowest BCUT2D eigenvalue weighted by Gasteiger charge is -2.32. The van der Waals surface area contributed by atoms with Crippen molar-refractivity contribution in [3.8, 4) is 11.5 Å². The molecule has 2 heterocycles. The average Bonchev–Trinajstić information content (AvgIpc) is 2.76. The number of likely N-dealkylation sites (N-methyl/N-ethyl adjacent to an activating group) is 1. The molecule has 1 N–H and O–H groups in total. The number of carbonyl (C=O) groups excluding carboxylic acids is 1. The Morgan fingerprint density at radius 2 is 1.62 bits per heavy atom. The minimum absolute atomic E-state index is 0.0511. The van der Waals surface area contributed by atoms with Crippen LogP contribution in [-0.2, 0) is 0 Å². The van der Waals surface area contributed by atoms with E-state index in [4.69, 9.17) is 4.74 Å². The number of hydrogen-bond donors (Lipinski definition) is 1. The first-order chi connectivity index (χ1) is 14.2. The number of nitrogens with one attached hydrogen (secondary N) is 1. The predicted molar refractivity (Wildman–Crippen MR) is 114 cm³/mol. The number of carbonyl (C=O) groups is 1. The fraction of sp³-hybridized carbons (Fsp3) is 0.217. The maximum atomic E-state index is 12.8. The normalized spacial score (nSPS) is 14.4. The van der Waals surface area contributed by atoms with Gasteiger partial charge in [-0.05, 0) is 55.6 Å². The molecule has 2 aromatic carbocycles. The smallest absolute Gasteiger partial charge is 0.254 e. The number of pyridine rings is 1. The first-order valence-corrected chi connectivity index (χ1v) is 9.71. The van der Waals surface area contributed by atoms with Crippen LogP contribution in [0.2, 0.25) is 0 Å². The van der Waals surface area contributed by atoms with E-state index in [0.29, 0.717) is 11.4 Å². The highest BCUT2D eigenvalue weighted by atomic mass is 16.5. The van der Waals surface area contributed by atoms with Crippen molar-refractivity contribution in [2.24, 2.45) is 0 Å². The number of para-hydroxylation sites is 1. The zero-order valence-electron chi connectivity index (χ0n) is 16.4. The third kappa shape index (κ3) is 4.92. The van der Waals surface area contributed by atoms with Crippen LogP contribution in [0, 0.1) is 0 Å². The summed E-state index contributed by atoms with van der Waals surface area (Å²) in [5, 5.41) is 3.25.